The Hall–Kier alpha value is -1.95. The molecule has 156 valence electrons. The van der Waals surface area contributed by atoms with E-state index in [1.54, 1.807) is 23.9 Å². The summed E-state index contributed by atoms with van der Waals surface area (Å²) in [6.45, 7) is 4.52. The van der Waals surface area contributed by atoms with Crippen molar-refractivity contribution < 1.29 is 31.0 Å². The van der Waals surface area contributed by atoms with Gasteiger partial charge in [0.15, 0.2) is 5.75 Å². The van der Waals surface area contributed by atoms with Gasteiger partial charge in [-0.3, -0.25) is 0 Å². The fourth-order valence-corrected chi connectivity index (χ4v) is 5.81. The van der Waals surface area contributed by atoms with Crippen molar-refractivity contribution >= 4 is 29.1 Å². The Morgan fingerprint density at radius 3 is 2.63 bits per heavy atom. The maximum atomic E-state index is 9.92. The fraction of sp³-hybridized carbons (Fsp3) is 0.217. The number of aromatic hydroxyl groups is 1. The third kappa shape index (κ3) is 5.20. The van der Waals surface area contributed by atoms with Gasteiger partial charge in [-0.25, -0.2) is 0 Å². The zero-order chi connectivity index (χ0) is 21.7. The van der Waals surface area contributed by atoms with Crippen LogP contribution < -0.4 is 25.9 Å². The Labute approximate surface area is 196 Å². The van der Waals surface area contributed by atoms with Gasteiger partial charge in [-0.1, -0.05) is 11.6 Å². The average molecular weight is 552 g/mol. The molecule has 4 nitrogen and oxygen atoms in total. The summed E-state index contributed by atoms with van der Waals surface area (Å²) in [5.41, 5.74) is 2.58. The second-order valence-electron chi connectivity index (χ2n) is 7.08. The van der Waals surface area contributed by atoms with Gasteiger partial charge in [-0.2, -0.15) is 5.26 Å². The minimum atomic E-state index is -0.405. The first-order valence-corrected chi connectivity index (χ1v) is 13.2. The number of rotatable bonds is 6. The van der Waals surface area contributed by atoms with Gasteiger partial charge in [0.05, 0.1) is 10.6 Å². The van der Waals surface area contributed by atoms with Gasteiger partial charge >= 0.3 is 153 Å². The van der Waals surface area contributed by atoms with E-state index in [1.165, 1.54) is 0 Å². The second kappa shape index (κ2) is 9.90. The molecule has 1 aliphatic rings. The zero-order valence-corrected chi connectivity index (χ0v) is 20.5. The van der Waals surface area contributed by atoms with Crippen molar-refractivity contribution in [2.24, 2.45) is 4.99 Å². The molecule has 0 aromatic heterocycles. The molecule has 0 spiro atoms. The van der Waals surface area contributed by atoms with Gasteiger partial charge in [0, 0.05) is 0 Å². The number of thioether (sulfide) groups is 1. The number of nitriles is 1. The summed E-state index contributed by atoms with van der Waals surface area (Å²) in [7, 11) is 0. The normalized spacial score (nSPS) is 14.1. The van der Waals surface area contributed by atoms with Gasteiger partial charge in [0.25, 0.3) is 0 Å². The molecule has 0 amide bonds. The Morgan fingerprint density at radius 1 is 1.23 bits per heavy atom. The van der Waals surface area contributed by atoms with E-state index in [2.05, 4.69) is 27.0 Å². The predicted octanol–water partition coefficient (Wildman–Crippen LogP) is 2.84. The van der Waals surface area contributed by atoms with Crippen molar-refractivity contribution in [1.29, 1.82) is 5.26 Å². The Kier molecular flexibility index (Phi) is 7.50. The van der Waals surface area contributed by atoms with Crippen molar-refractivity contribution in [1.82, 2.24) is 0 Å². The van der Waals surface area contributed by atoms with Crippen molar-refractivity contribution in [3.05, 3.63) is 77.4 Å². The molecule has 30 heavy (non-hydrogen) atoms. The van der Waals surface area contributed by atoms with Crippen molar-refractivity contribution in [3.8, 4) is 17.6 Å². The van der Waals surface area contributed by atoms with Crippen molar-refractivity contribution in [3.63, 3.8) is 0 Å². The van der Waals surface area contributed by atoms with E-state index < -0.39 is 5.41 Å². The second-order valence-corrected chi connectivity index (χ2v) is 10.4. The van der Waals surface area contributed by atoms with Crippen LogP contribution in [0.1, 0.15) is 30.5 Å². The van der Waals surface area contributed by atoms with E-state index in [0.29, 0.717) is 6.61 Å². The number of phenols is 1. The first kappa shape index (κ1) is 22.7. The van der Waals surface area contributed by atoms with Crippen LogP contribution in [-0.2, 0) is 5.41 Å². The van der Waals surface area contributed by atoms with Crippen LogP contribution in [0.4, 0.5) is 0 Å². The predicted molar refractivity (Wildman–Crippen MR) is 120 cm³/mol. The van der Waals surface area contributed by atoms with Crippen molar-refractivity contribution in [2.45, 2.75) is 19.3 Å². The summed E-state index contributed by atoms with van der Waals surface area (Å²) in [5, 5.41) is 20.4. The third-order valence-electron chi connectivity index (χ3n) is 4.82. The molecule has 0 unspecified atom stereocenters. The van der Waals surface area contributed by atoms with Gasteiger partial charge in [-0.15, -0.1) is 0 Å². The first-order chi connectivity index (χ1) is 14.3. The van der Waals surface area contributed by atoms with E-state index >= 15 is 0 Å². The summed E-state index contributed by atoms with van der Waals surface area (Å²) in [6.07, 6.45) is 4.08. The third-order valence-corrected chi connectivity index (χ3v) is 7.88. The monoisotopic (exact) mass is 551 g/mol. The molecule has 0 saturated heterocycles. The van der Waals surface area contributed by atoms with Crippen LogP contribution in [0, 0.1) is 11.3 Å². The van der Waals surface area contributed by atoms with Crippen LogP contribution in [0.5, 0.6) is 11.5 Å². The molecule has 1 aliphatic heterocycles. The maximum absolute atomic E-state index is 9.92. The standard InChI is InChI=1S/C23H21ClIN2O2S/c1-23(2,17-10-15(13-26)22(28)20(24)11-17)16-4-6-19(7-5-16)29-14-18-8-9-25-12-21(27-18)30-3/h4-12,28H,14H2,1-3H3/q-1. The molecule has 2 aromatic rings. The molecule has 7 heteroatoms. The topological polar surface area (TPSA) is 65.6 Å². The van der Waals surface area contributed by atoms with E-state index in [4.69, 9.17) is 16.3 Å². The number of aliphatic imine (C=N–C) groups is 1. The molecule has 1 heterocycles. The van der Waals surface area contributed by atoms with E-state index in [-0.39, 0.29) is 37.5 Å². The van der Waals surface area contributed by atoms with E-state index in [1.807, 2.05) is 42.7 Å². The molecule has 2 aromatic carbocycles. The van der Waals surface area contributed by atoms with Crippen LogP contribution in [0.3, 0.4) is 0 Å². The molecule has 0 saturated carbocycles. The van der Waals surface area contributed by atoms with Gasteiger partial charge < -0.3 is 5.11 Å². The summed E-state index contributed by atoms with van der Waals surface area (Å²) in [5.74, 6) is 0.584. The van der Waals surface area contributed by atoms with Gasteiger partial charge in [0.2, 0.25) is 0 Å². The van der Waals surface area contributed by atoms with Crippen LogP contribution in [0.15, 0.2) is 60.7 Å². The first-order valence-electron chi connectivity index (χ1n) is 9.12. The summed E-state index contributed by atoms with van der Waals surface area (Å²) in [4.78, 5) is 4.63. The molecule has 0 atom stereocenters. The Balaban J connectivity index is 1.77. The number of phenolic OH excluding ortho intramolecular Hbond substituents is 1. The molecule has 0 radical (unpaired) electrons. The number of ether oxygens (including phenoxy) is 1. The fourth-order valence-electron chi connectivity index (χ4n) is 2.91. The van der Waals surface area contributed by atoms with E-state index in [0.717, 1.165) is 27.6 Å². The zero-order valence-electron chi connectivity index (χ0n) is 16.8. The van der Waals surface area contributed by atoms with Crippen LogP contribution in [0.25, 0.3) is 0 Å². The molecule has 0 aliphatic carbocycles. The Bertz CT molecular complexity index is 1070. The molecule has 0 bridgehead atoms. The summed E-state index contributed by atoms with van der Waals surface area (Å²) < 4.78 is 10.3. The number of benzene rings is 2. The van der Waals surface area contributed by atoms with Gasteiger partial charge in [0.1, 0.15) is 6.07 Å². The van der Waals surface area contributed by atoms with Crippen LogP contribution in [0.2, 0.25) is 5.02 Å². The number of hydrogen-bond acceptors (Lipinski definition) is 5. The summed E-state index contributed by atoms with van der Waals surface area (Å²) >= 11 is 7.69. The molecular weight excluding hydrogens is 531 g/mol. The van der Waals surface area contributed by atoms with Crippen LogP contribution >= 0.6 is 23.4 Å². The van der Waals surface area contributed by atoms with E-state index in [9.17, 15) is 10.4 Å². The molecule has 3 rings (SSSR count). The number of hydrogen-bond donors (Lipinski definition) is 1. The summed E-state index contributed by atoms with van der Waals surface area (Å²) in [6, 6.07) is 13.3. The van der Waals surface area contributed by atoms with Crippen LogP contribution in [-0.4, -0.2) is 23.7 Å². The van der Waals surface area contributed by atoms with Gasteiger partial charge in [-0.05, 0) is 0 Å². The SMILES string of the molecule is CSC1=C[I-]C=CC(COc2ccc(C(C)(C)c3cc(Cl)c(O)c(C#N)c3)cc2)=N1. The number of halogens is 2. The molecular formula is C23H21ClIN2O2S-. The number of nitrogens with zero attached hydrogens (tertiary/aromatic N) is 2. The average Bonchev–Trinajstić information content (AvgIpc) is 2.99. The molecule has 0 fully saturated rings. The quantitative estimate of drug-likeness (QED) is 0.561. The Morgan fingerprint density at radius 2 is 1.97 bits per heavy atom. The molecule has 1 N–H and O–H groups in total. The minimum absolute atomic E-state index is 0.0808. The van der Waals surface area contributed by atoms with Crippen molar-refractivity contribution in [2.75, 3.05) is 12.9 Å².